The van der Waals surface area contributed by atoms with E-state index >= 15 is 0 Å². The Kier molecular flexibility index (Phi) is 10.3. The summed E-state index contributed by atoms with van der Waals surface area (Å²) >= 11 is 1.57. The quantitative estimate of drug-likeness (QED) is 0.406. The number of rotatable bonds is 4. The van der Waals surface area contributed by atoms with Crippen LogP contribution in [0.1, 0.15) is 32.8 Å². The number of hydrogen-bond donors (Lipinski definition) is 0. The van der Waals surface area contributed by atoms with Crippen LogP contribution in [-0.2, 0) is 18.2 Å². The maximum atomic E-state index is 2.23. The van der Waals surface area contributed by atoms with Gasteiger partial charge in [-0.25, -0.2) is 0 Å². The van der Waals surface area contributed by atoms with Crippen molar-refractivity contribution >= 4 is 11.8 Å². The zero-order valence-corrected chi connectivity index (χ0v) is 10.6. The van der Waals surface area contributed by atoms with E-state index in [2.05, 4.69) is 51.1 Å². The molecule has 1 rings (SSSR count). The Morgan fingerprint density at radius 3 is 2.07 bits per heavy atom. The average molecular weight is 211 g/mol. The van der Waals surface area contributed by atoms with Gasteiger partial charge in [0.1, 0.15) is 11.5 Å². The summed E-state index contributed by atoms with van der Waals surface area (Å²) in [5.74, 6) is 2.59. The molecule has 0 spiro atoms. The molecule has 0 N–H and O–H groups in total. The van der Waals surface area contributed by atoms with Crippen LogP contribution in [0.25, 0.3) is 0 Å². The molecule has 1 heteroatoms. The highest BCUT2D eigenvalue weighted by atomic mass is 32.2. The third-order valence-corrected chi connectivity index (χ3v) is 2.61. The van der Waals surface area contributed by atoms with Gasteiger partial charge in [0, 0.05) is 6.42 Å². The van der Waals surface area contributed by atoms with Crippen LogP contribution in [0, 0.1) is 0 Å². The molecule has 0 heterocycles. The Labute approximate surface area is 93.1 Å². The fourth-order valence-corrected chi connectivity index (χ4v) is 1.74. The Morgan fingerprint density at radius 1 is 1.00 bits per heavy atom. The molecule has 0 atom stereocenters. The smallest absolute Gasteiger partial charge is 0.0656 e. The van der Waals surface area contributed by atoms with Crippen molar-refractivity contribution in [3.63, 3.8) is 0 Å². The predicted octanol–water partition coefficient (Wildman–Crippen LogP) is 3.48. The molecule has 0 nitrogen and oxygen atoms in total. The molecule has 1 aromatic carbocycles. The summed E-state index contributed by atoms with van der Waals surface area (Å²) < 4.78 is 0. The van der Waals surface area contributed by atoms with Crippen LogP contribution >= 0.6 is 0 Å². The summed E-state index contributed by atoms with van der Waals surface area (Å²) in [7, 11) is 0. The molecule has 0 saturated heterocycles. The molecule has 0 unspecified atom stereocenters. The maximum absolute atomic E-state index is 2.23. The van der Waals surface area contributed by atoms with Gasteiger partial charge in [0.25, 0.3) is 0 Å². The molecule has 0 aliphatic rings. The third kappa shape index (κ3) is 8.18. The molecule has 0 aliphatic heterocycles. The molecule has 0 amide bonds. The second-order valence-corrected chi connectivity index (χ2v) is 4.73. The Bertz CT molecular complexity index is 194. The van der Waals surface area contributed by atoms with Gasteiger partial charge in [-0.05, 0) is 24.2 Å². The van der Waals surface area contributed by atoms with Crippen molar-refractivity contribution in [1.29, 1.82) is 0 Å². The third-order valence-electron chi connectivity index (χ3n) is 1.63. The molecular formula is C13H23S+. The lowest BCUT2D eigenvalue weighted by molar-refractivity contribution is 1.09. The van der Waals surface area contributed by atoms with Crippen LogP contribution < -0.4 is 0 Å². The van der Waals surface area contributed by atoms with Crippen LogP contribution in [-0.4, -0.2) is 11.5 Å². The Morgan fingerprint density at radius 2 is 1.57 bits per heavy atom. The number of hydrogen-bond acceptors (Lipinski definition) is 0. The first-order valence-corrected chi connectivity index (χ1v) is 6.78. The number of thiol groups is 1. The van der Waals surface area contributed by atoms with Gasteiger partial charge >= 0.3 is 0 Å². The van der Waals surface area contributed by atoms with Gasteiger partial charge in [0.15, 0.2) is 0 Å². The second kappa shape index (κ2) is 10.6. The van der Waals surface area contributed by atoms with Crippen molar-refractivity contribution in [2.75, 3.05) is 11.5 Å². The SMILES string of the molecule is CCC.CC[SH+]CCc1ccccc1. The number of aryl methyl sites for hydroxylation is 1. The molecule has 80 valence electrons. The zero-order valence-electron chi connectivity index (χ0n) is 9.66. The van der Waals surface area contributed by atoms with E-state index in [1.54, 1.807) is 11.8 Å². The van der Waals surface area contributed by atoms with Gasteiger partial charge in [0.2, 0.25) is 0 Å². The number of benzene rings is 1. The van der Waals surface area contributed by atoms with Crippen LogP contribution in [0.5, 0.6) is 0 Å². The highest BCUT2D eigenvalue weighted by molar-refractivity contribution is 7.78. The van der Waals surface area contributed by atoms with E-state index in [1.165, 1.54) is 29.9 Å². The Balaban J connectivity index is 0.000000500. The first-order valence-electron chi connectivity index (χ1n) is 5.52. The Hall–Kier alpha value is -0.430. The second-order valence-electron chi connectivity index (χ2n) is 3.21. The molecule has 0 saturated carbocycles. The molecule has 0 radical (unpaired) electrons. The largest absolute Gasteiger partial charge is 0.109 e. The van der Waals surface area contributed by atoms with Gasteiger partial charge in [-0.1, -0.05) is 50.6 Å². The van der Waals surface area contributed by atoms with E-state index in [0.29, 0.717) is 0 Å². The molecule has 14 heavy (non-hydrogen) atoms. The van der Waals surface area contributed by atoms with Gasteiger partial charge in [-0.2, -0.15) is 0 Å². The van der Waals surface area contributed by atoms with Crippen molar-refractivity contribution in [1.82, 2.24) is 0 Å². The summed E-state index contributed by atoms with van der Waals surface area (Å²) in [5.41, 5.74) is 1.47. The first-order chi connectivity index (χ1) is 6.85. The van der Waals surface area contributed by atoms with Crippen LogP contribution in [0.4, 0.5) is 0 Å². The van der Waals surface area contributed by atoms with Crippen molar-refractivity contribution < 1.29 is 0 Å². The topological polar surface area (TPSA) is 0 Å². The van der Waals surface area contributed by atoms with E-state index < -0.39 is 0 Å². The fraction of sp³-hybridized carbons (Fsp3) is 0.538. The molecule has 0 bridgehead atoms. The molecular weight excluding hydrogens is 188 g/mol. The molecule has 0 aliphatic carbocycles. The van der Waals surface area contributed by atoms with Crippen LogP contribution in [0.2, 0.25) is 0 Å². The highest BCUT2D eigenvalue weighted by Gasteiger charge is 1.94. The average Bonchev–Trinajstić information content (AvgIpc) is 2.21. The molecule has 1 aromatic rings. The van der Waals surface area contributed by atoms with Crippen molar-refractivity contribution in [3.8, 4) is 0 Å². The molecule has 0 fully saturated rings. The fourth-order valence-electron chi connectivity index (χ4n) is 1.01. The minimum absolute atomic E-state index is 1.23. The van der Waals surface area contributed by atoms with E-state index in [4.69, 9.17) is 0 Å². The van der Waals surface area contributed by atoms with Gasteiger partial charge < -0.3 is 0 Å². The van der Waals surface area contributed by atoms with Crippen molar-refractivity contribution in [3.05, 3.63) is 35.9 Å². The monoisotopic (exact) mass is 211 g/mol. The van der Waals surface area contributed by atoms with Crippen molar-refractivity contribution in [2.45, 2.75) is 33.6 Å². The van der Waals surface area contributed by atoms with E-state index in [1.807, 2.05) is 0 Å². The zero-order chi connectivity index (χ0) is 10.6. The maximum Gasteiger partial charge on any atom is 0.109 e. The summed E-state index contributed by atoms with van der Waals surface area (Å²) in [6, 6.07) is 10.7. The first kappa shape index (κ1) is 13.6. The van der Waals surface area contributed by atoms with E-state index in [-0.39, 0.29) is 0 Å². The normalized spacial score (nSPS) is 9.07. The van der Waals surface area contributed by atoms with Gasteiger partial charge in [0.05, 0.1) is 0 Å². The van der Waals surface area contributed by atoms with Crippen molar-refractivity contribution in [2.24, 2.45) is 0 Å². The van der Waals surface area contributed by atoms with Crippen LogP contribution in [0.15, 0.2) is 30.3 Å². The summed E-state index contributed by atoms with van der Waals surface area (Å²) in [5, 5.41) is 0. The predicted molar refractivity (Wildman–Crippen MR) is 70.3 cm³/mol. The van der Waals surface area contributed by atoms with Crippen LogP contribution in [0.3, 0.4) is 0 Å². The lowest BCUT2D eigenvalue weighted by Crippen LogP contribution is -1.95. The summed E-state index contributed by atoms with van der Waals surface area (Å²) in [4.78, 5) is 0. The summed E-state index contributed by atoms with van der Waals surface area (Å²) in [6.07, 6.45) is 2.48. The van der Waals surface area contributed by atoms with Gasteiger partial charge in [-0.15, -0.1) is 0 Å². The lowest BCUT2D eigenvalue weighted by atomic mass is 10.2. The van der Waals surface area contributed by atoms with E-state index in [9.17, 15) is 0 Å². The highest BCUT2D eigenvalue weighted by Crippen LogP contribution is 1.99. The molecule has 0 aromatic heterocycles. The minimum atomic E-state index is 1.23. The van der Waals surface area contributed by atoms with Gasteiger partial charge in [-0.3, -0.25) is 0 Å². The minimum Gasteiger partial charge on any atom is -0.0656 e. The standard InChI is InChI=1S/C10H14S.C3H8/c1-2-11-9-8-10-6-4-3-5-7-10;1-3-2/h3-7H,2,8-9H2,1H3;3H2,1-2H3/p+1. The summed E-state index contributed by atoms with van der Waals surface area (Å²) in [6.45, 7) is 6.48. The lowest BCUT2D eigenvalue weighted by Gasteiger charge is -1.93. The van der Waals surface area contributed by atoms with E-state index in [0.717, 1.165) is 0 Å².